The van der Waals surface area contributed by atoms with Gasteiger partial charge in [-0.1, -0.05) is 58.7 Å². The van der Waals surface area contributed by atoms with E-state index in [2.05, 4.69) is 10.1 Å². The first-order valence-electron chi connectivity index (χ1n) is 6.84. The molecular weight excluding hydrogens is 335 g/mol. The van der Waals surface area contributed by atoms with Crippen molar-refractivity contribution in [2.75, 3.05) is 0 Å². The number of nitrogens with zero attached hydrogens (tertiary/aromatic N) is 2. The quantitative estimate of drug-likeness (QED) is 0.642. The van der Waals surface area contributed by atoms with Crippen LogP contribution in [-0.2, 0) is 6.61 Å². The normalized spacial score (nSPS) is 11.0. The Morgan fingerprint density at radius 3 is 2.65 bits per heavy atom. The van der Waals surface area contributed by atoms with Crippen LogP contribution in [0.3, 0.4) is 0 Å². The van der Waals surface area contributed by atoms with E-state index < -0.39 is 0 Å². The van der Waals surface area contributed by atoms with Gasteiger partial charge in [0.1, 0.15) is 5.75 Å². The maximum atomic E-state index is 6.03. The number of rotatable bonds is 5. The Labute approximate surface area is 143 Å². The number of ether oxygens (including phenoxy) is 1. The highest BCUT2D eigenvalue weighted by Crippen LogP contribution is 2.27. The van der Waals surface area contributed by atoms with Gasteiger partial charge in [0, 0.05) is 11.1 Å². The molecule has 0 amide bonds. The topological polar surface area (TPSA) is 48.2 Å². The molecule has 1 aromatic heterocycles. The second kappa shape index (κ2) is 7.31. The van der Waals surface area contributed by atoms with Crippen molar-refractivity contribution in [3.63, 3.8) is 0 Å². The molecule has 0 aliphatic carbocycles. The van der Waals surface area contributed by atoms with E-state index in [9.17, 15) is 0 Å². The molecule has 0 spiro atoms. The minimum absolute atomic E-state index is 0.157. The number of hydrogen-bond donors (Lipinski definition) is 0. The van der Waals surface area contributed by atoms with Crippen molar-refractivity contribution < 1.29 is 9.26 Å². The summed E-state index contributed by atoms with van der Waals surface area (Å²) in [6, 6.07) is 14.9. The zero-order valence-electron chi connectivity index (χ0n) is 11.9. The highest BCUT2D eigenvalue weighted by molar-refractivity contribution is 6.35. The van der Waals surface area contributed by atoms with E-state index in [1.165, 1.54) is 0 Å². The van der Waals surface area contributed by atoms with Crippen LogP contribution < -0.4 is 4.74 Å². The van der Waals surface area contributed by atoms with Crippen molar-refractivity contribution in [3.05, 3.63) is 75.9 Å². The van der Waals surface area contributed by atoms with Crippen LogP contribution in [0.4, 0.5) is 0 Å². The summed E-state index contributed by atoms with van der Waals surface area (Å²) in [6.45, 7) is 0.157. The molecule has 0 saturated carbocycles. The second-order valence-electron chi connectivity index (χ2n) is 4.66. The zero-order chi connectivity index (χ0) is 16.1. The summed E-state index contributed by atoms with van der Waals surface area (Å²) in [7, 11) is 0. The number of halogens is 2. The summed E-state index contributed by atoms with van der Waals surface area (Å²) in [5.74, 6) is 1.36. The van der Waals surface area contributed by atoms with Gasteiger partial charge in [-0.05, 0) is 29.8 Å². The van der Waals surface area contributed by atoms with Gasteiger partial charge in [-0.25, -0.2) is 0 Å². The van der Waals surface area contributed by atoms with Gasteiger partial charge in [0.15, 0.2) is 6.61 Å². The minimum atomic E-state index is 0.157. The van der Waals surface area contributed by atoms with Crippen molar-refractivity contribution in [1.29, 1.82) is 0 Å². The van der Waals surface area contributed by atoms with Crippen molar-refractivity contribution in [3.8, 4) is 5.75 Å². The molecule has 0 radical (unpaired) electrons. The molecule has 0 N–H and O–H groups in total. The molecule has 0 bridgehead atoms. The summed E-state index contributed by atoms with van der Waals surface area (Å²) in [5, 5.41) is 4.85. The average molecular weight is 347 g/mol. The molecule has 0 saturated heterocycles. The first kappa shape index (κ1) is 15.6. The fraction of sp³-hybridized carbons (Fsp3) is 0.0588. The molecule has 6 heteroatoms. The Balaban J connectivity index is 1.62. The minimum Gasteiger partial charge on any atom is -0.484 e. The molecule has 0 fully saturated rings. The van der Waals surface area contributed by atoms with Crippen LogP contribution in [0.5, 0.6) is 5.75 Å². The van der Waals surface area contributed by atoms with Crippen LogP contribution >= 0.6 is 23.2 Å². The zero-order valence-corrected chi connectivity index (χ0v) is 13.5. The lowest BCUT2D eigenvalue weighted by Crippen LogP contribution is -1.98. The fourth-order valence-corrected chi connectivity index (χ4v) is 2.32. The monoisotopic (exact) mass is 346 g/mol. The number of hydrogen-bond acceptors (Lipinski definition) is 4. The summed E-state index contributed by atoms with van der Waals surface area (Å²) < 4.78 is 10.7. The van der Waals surface area contributed by atoms with Crippen molar-refractivity contribution >= 4 is 35.4 Å². The second-order valence-corrected chi connectivity index (χ2v) is 5.50. The lowest BCUT2D eigenvalue weighted by atomic mass is 10.2. The van der Waals surface area contributed by atoms with Gasteiger partial charge in [0.05, 0.1) is 5.02 Å². The van der Waals surface area contributed by atoms with Crippen LogP contribution in [0, 0.1) is 0 Å². The predicted octanol–water partition coefficient (Wildman–Crippen LogP) is 5.13. The van der Waals surface area contributed by atoms with E-state index >= 15 is 0 Å². The van der Waals surface area contributed by atoms with Crippen molar-refractivity contribution in [2.24, 2.45) is 0 Å². The molecule has 2 aromatic carbocycles. The van der Waals surface area contributed by atoms with Crippen LogP contribution in [0.1, 0.15) is 17.3 Å². The molecule has 1 heterocycles. The Kier molecular flexibility index (Phi) is 4.95. The molecule has 0 unspecified atom stereocenters. The fourth-order valence-electron chi connectivity index (χ4n) is 1.86. The Hall–Kier alpha value is -2.30. The third-order valence-corrected chi connectivity index (χ3v) is 3.48. The van der Waals surface area contributed by atoms with Gasteiger partial charge < -0.3 is 9.26 Å². The molecule has 3 rings (SSSR count). The molecule has 0 aliphatic heterocycles. The molecular formula is C17H12Cl2N2O2. The Morgan fingerprint density at radius 2 is 1.87 bits per heavy atom. The van der Waals surface area contributed by atoms with Crippen LogP contribution in [0.15, 0.2) is 53.1 Å². The van der Waals surface area contributed by atoms with Crippen LogP contribution in [0.25, 0.3) is 12.2 Å². The largest absolute Gasteiger partial charge is 0.484 e. The third-order valence-electron chi connectivity index (χ3n) is 2.95. The van der Waals surface area contributed by atoms with E-state index in [1.54, 1.807) is 24.3 Å². The van der Waals surface area contributed by atoms with E-state index in [0.717, 1.165) is 5.56 Å². The molecule has 116 valence electrons. The van der Waals surface area contributed by atoms with E-state index in [-0.39, 0.29) is 6.61 Å². The standard InChI is InChI=1S/C17H12Cl2N2O2/c18-13-7-8-15(14(19)10-13)22-11-16-20-17(23-21-16)9-6-12-4-2-1-3-5-12/h1-10H,11H2. The van der Waals surface area contributed by atoms with Gasteiger partial charge in [0.2, 0.25) is 5.82 Å². The van der Waals surface area contributed by atoms with Crippen LogP contribution in [0.2, 0.25) is 10.0 Å². The summed E-state index contributed by atoms with van der Waals surface area (Å²) in [5.41, 5.74) is 1.05. The molecule has 0 atom stereocenters. The summed E-state index contributed by atoms with van der Waals surface area (Å²) in [4.78, 5) is 4.23. The molecule has 4 nitrogen and oxygen atoms in total. The average Bonchev–Trinajstić information content (AvgIpc) is 3.01. The van der Waals surface area contributed by atoms with Gasteiger partial charge >= 0.3 is 0 Å². The van der Waals surface area contributed by atoms with E-state index in [1.807, 2.05) is 36.4 Å². The maximum absolute atomic E-state index is 6.03. The first-order valence-corrected chi connectivity index (χ1v) is 7.60. The SMILES string of the molecule is Clc1ccc(OCc2noc(C=Cc3ccccc3)n2)c(Cl)c1. The van der Waals surface area contributed by atoms with Crippen molar-refractivity contribution in [2.45, 2.75) is 6.61 Å². The third kappa shape index (κ3) is 4.34. The van der Waals surface area contributed by atoms with Crippen LogP contribution in [-0.4, -0.2) is 10.1 Å². The highest BCUT2D eigenvalue weighted by atomic mass is 35.5. The maximum Gasteiger partial charge on any atom is 0.250 e. The lowest BCUT2D eigenvalue weighted by molar-refractivity contribution is 0.286. The molecule has 3 aromatic rings. The highest BCUT2D eigenvalue weighted by Gasteiger charge is 2.07. The van der Waals surface area contributed by atoms with Gasteiger partial charge in [-0.15, -0.1) is 0 Å². The van der Waals surface area contributed by atoms with Gasteiger partial charge in [-0.2, -0.15) is 4.98 Å². The van der Waals surface area contributed by atoms with E-state index in [4.69, 9.17) is 32.5 Å². The van der Waals surface area contributed by atoms with Gasteiger partial charge in [0.25, 0.3) is 5.89 Å². The van der Waals surface area contributed by atoms with Gasteiger partial charge in [-0.3, -0.25) is 0 Å². The Bertz CT molecular complexity index is 816. The summed E-state index contributed by atoms with van der Waals surface area (Å²) in [6.07, 6.45) is 3.65. The number of aromatic nitrogens is 2. The smallest absolute Gasteiger partial charge is 0.250 e. The van der Waals surface area contributed by atoms with Crippen molar-refractivity contribution in [1.82, 2.24) is 10.1 Å². The Morgan fingerprint density at radius 1 is 1.04 bits per heavy atom. The molecule has 0 aliphatic rings. The predicted molar refractivity (Wildman–Crippen MR) is 90.5 cm³/mol. The first-order chi connectivity index (χ1) is 11.2. The number of benzene rings is 2. The molecule has 23 heavy (non-hydrogen) atoms. The van der Waals surface area contributed by atoms with E-state index in [0.29, 0.717) is 27.5 Å². The lowest BCUT2D eigenvalue weighted by Gasteiger charge is -2.05. The summed E-state index contributed by atoms with van der Waals surface area (Å²) >= 11 is 11.9.